The third kappa shape index (κ3) is 3.70. The molecule has 0 saturated heterocycles. The average molecular weight is 327 g/mol. The summed E-state index contributed by atoms with van der Waals surface area (Å²) in [5.74, 6) is 1.03. The minimum absolute atomic E-state index is 0.0571. The maximum absolute atomic E-state index is 12.4. The normalized spacial score (nSPS) is 15.5. The monoisotopic (exact) mass is 327 g/mol. The molecule has 114 valence electrons. The van der Waals surface area contributed by atoms with Crippen LogP contribution in [0.5, 0.6) is 0 Å². The Morgan fingerprint density at radius 2 is 2.24 bits per heavy atom. The van der Waals surface area contributed by atoms with Crippen molar-refractivity contribution in [2.45, 2.75) is 43.8 Å². The second kappa shape index (κ2) is 5.88. The van der Waals surface area contributed by atoms with Crippen molar-refractivity contribution in [3.63, 3.8) is 0 Å². The number of nitrogens with zero attached hydrogens (tertiary/aromatic N) is 1. The van der Waals surface area contributed by atoms with Crippen molar-refractivity contribution in [3.8, 4) is 0 Å². The van der Waals surface area contributed by atoms with Crippen LogP contribution in [0.4, 0.5) is 0 Å². The quantitative estimate of drug-likeness (QED) is 0.810. The number of nitrogens with one attached hydrogen (secondary N) is 2. The molecule has 1 aliphatic carbocycles. The Kier molecular flexibility index (Phi) is 4.12. The van der Waals surface area contributed by atoms with Crippen LogP contribution in [-0.2, 0) is 23.1 Å². The predicted molar refractivity (Wildman–Crippen MR) is 79.4 cm³/mol. The van der Waals surface area contributed by atoms with Gasteiger partial charge in [-0.1, -0.05) is 0 Å². The van der Waals surface area contributed by atoms with Gasteiger partial charge in [0, 0.05) is 17.5 Å². The molecule has 0 radical (unpaired) electrons. The van der Waals surface area contributed by atoms with E-state index >= 15 is 0 Å². The van der Waals surface area contributed by atoms with E-state index in [1.54, 1.807) is 24.6 Å². The number of thiophene rings is 1. The van der Waals surface area contributed by atoms with Crippen molar-refractivity contribution in [3.05, 3.63) is 34.2 Å². The number of aromatic nitrogens is 1. The first-order valence-corrected chi connectivity index (χ1v) is 9.11. The molecule has 2 heterocycles. The second-order valence-corrected chi connectivity index (χ2v) is 7.79. The zero-order valence-corrected chi connectivity index (χ0v) is 13.3. The Morgan fingerprint density at radius 1 is 1.43 bits per heavy atom. The van der Waals surface area contributed by atoms with Gasteiger partial charge in [-0.15, -0.1) is 11.3 Å². The molecule has 0 aromatic carbocycles. The van der Waals surface area contributed by atoms with Crippen LogP contribution < -0.4 is 10.0 Å². The van der Waals surface area contributed by atoms with Crippen LogP contribution in [0.15, 0.2) is 27.0 Å². The van der Waals surface area contributed by atoms with E-state index in [4.69, 9.17) is 4.42 Å². The fourth-order valence-corrected chi connectivity index (χ4v) is 4.31. The Labute approximate surface area is 127 Å². The van der Waals surface area contributed by atoms with Gasteiger partial charge in [-0.2, -0.15) is 0 Å². The van der Waals surface area contributed by atoms with Gasteiger partial charge in [0.05, 0.1) is 17.6 Å². The molecule has 2 N–H and O–H groups in total. The summed E-state index contributed by atoms with van der Waals surface area (Å²) in [5, 5.41) is 5.14. The predicted octanol–water partition coefficient (Wildman–Crippen LogP) is 1.78. The van der Waals surface area contributed by atoms with Crippen molar-refractivity contribution in [1.29, 1.82) is 0 Å². The Balaban J connectivity index is 1.67. The topological polar surface area (TPSA) is 84.2 Å². The van der Waals surface area contributed by atoms with Gasteiger partial charge < -0.3 is 9.73 Å². The lowest BCUT2D eigenvalue weighted by atomic mass is 10.4. The highest BCUT2D eigenvalue weighted by Gasteiger charge is 2.24. The van der Waals surface area contributed by atoms with Gasteiger partial charge in [0.2, 0.25) is 15.9 Å². The number of hydrogen-bond donors (Lipinski definition) is 2. The number of sulfonamides is 1. The maximum Gasteiger partial charge on any atom is 0.242 e. The molecule has 0 amide bonds. The molecule has 21 heavy (non-hydrogen) atoms. The standard InChI is InChI=1S/C13H17N3O3S2/c1-9-6-15-13(19-9)8-16-21(17,18)12-4-5-20-11(12)7-14-10-2-3-10/h4-6,10,14,16H,2-3,7-8H2,1H3. The van der Waals surface area contributed by atoms with Gasteiger partial charge in [0.1, 0.15) is 5.76 Å². The minimum atomic E-state index is -3.54. The SMILES string of the molecule is Cc1cnc(CNS(=O)(=O)c2ccsc2CNC2CC2)o1. The van der Waals surface area contributed by atoms with E-state index in [9.17, 15) is 8.42 Å². The highest BCUT2D eigenvalue weighted by atomic mass is 32.2. The largest absolute Gasteiger partial charge is 0.445 e. The molecular formula is C13H17N3O3S2. The highest BCUT2D eigenvalue weighted by molar-refractivity contribution is 7.89. The molecule has 8 heteroatoms. The molecule has 3 rings (SSSR count). The van der Waals surface area contributed by atoms with Crippen molar-refractivity contribution in [2.24, 2.45) is 0 Å². The zero-order chi connectivity index (χ0) is 14.9. The number of hydrogen-bond acceptors (Lipinski definition) is 6. The van der Waals surface area contributed by atoms with E-state index < -0.39 is 10.0 Å². The van der Waals surface area contributed by atoms with Gasteiger partial charge >= 0.3 is 0 Å². The van der Waals surface area contributed by atoms with Gasteiger partial charge in [0.25, 0.3) is 0 Å². The van der Waals surface area contributed by atoms with Gasteiger partial charge in [-0.05, 0) is 31.2 Å². The Hall–Kier alpha value is -1.22. The third-order valence-electron chi connectivity index (χ3n) is 3.21. The van der Waals surface area contributed by atoms with E-state index in [2.05, 4.69) is 15.0 Å². The summed E-state index contributed by atoms with van der Waals surface area (Å²) in [7, 11) is -3.54. The van der Waals surface area contributed by atoms with Gasteiger partial charge in [-0.3, -0.25) is 0 Å². The molecule has 0 aliphatic heterocycles. The summed E-state index contributed by atoms with van der Waals surface area (Å²) in [6, 6.07) is 2.18. The molecule has 2 aromatic rings. The number of oxazole rings is 1. The van der Waals surface area contributed by atoms with Crippen LogP contribution in [0.2, 0.25) is 0 Å². The molecule has 0 bridgehead atoms. The molecule has 0 atom stereocenters. The van der Waals surface area contributed by atoms with Crippen LogP contribution in [0.25, 0.3) is 0 Å². The molecule has 1 aliphatic rings. The summed E-state index contributed by atoms with van der Waals surface area (Å²) >= 11 is 1.45. The molecule has 1 fully saturated rings. The Morgan fingerprint density at radius 3 is 2.90 bits per heavy atom. The first-order valence-electron chi connectivity index (χ1n) is 6.75. The van der Waals surface area contributed by atoms with Gasteiger partial charge in [0.15, 0.2) is 0 Å². The van der Waals surface area contributed by atoms with E-state index in [1.807, 2.05) is 0 Å². The minimum Gasteiger partial charge on any atom is -0.445 e. The lowest BCUT2D eigenvalue weighted by Crippen LogP contribution is -2.25. The molecule has 6 nitrogen and oxygen atoms in total. The first kappa shape index (κ1) is 14.7. The molecule has 0 unspecified atom stereocenters. The summed E-state index contributed by atoms with van der Waals surface area (Å²) in [5.41, 5.74) is 0. The fourth-order valence-electron chi connectivity index (χ4n) is 1.94. The summed E-state index contributed by atoms with van der Waals surface area (Å²) in [6.07, 6.45) is 3.92. The second-order valence-electron chi connectivity index (χ2n) is 5.05. The average Bonchev–Trinajstić information content (AvgIpc) is 2.97. The van der Waals surface area contributed by atoms with E-state index in [1.165, 1.54) is 24.2 Å². The third-order valence-corrected chi connectivity index (χ3v) is 5.74. The summed E-state index contributed by atoms with van der Waals surface area (Å²) in [6.45, 7) is 2.42. The van der Waals surface area contributed by atoms with E-state index in [-0.39, 0.29) is 6.54 Å². The number of rotatable bonds is 7. The van der Waals surface area contributed by atoms with E-state index in [0.29, 0.717) is 29.1 Å². The first-order chi connectivity index (χ1) is 10.0. The lowest BCUT2D eigenvalue weighted by Gasteiger charge is -2.07. The van der Waals surface area contributed by atoms with Crippen LogP contribution in [-0.4, -0.2) is 19.4 Å². The van der Waals surface area contributed by atoms with Crippen molar-refractivity contribution >= 4 is 21.4 Å². The summed E-state index contributed by atoms with van der Waals surface area (Å²) < 4.78 is 32.5. The fraction of sp³-hybridized carbons (Fsp3) is 0.462. The van der Waals surface area contributed by atoms with Crippen molar-refractivity contribution < 1.29 is 12.8 Å². The van der Waals surface area contributed by atoms with Crippen molar-refractivity contribution in [1.82, 2.24) is 15.0 Å². The summed E-state index contributed by atoms with van der Waals surface area (Å²) in [4.78, 5) is 5.16. The zero-order valence-electron chi connectivity index (χ0n) is 11.6. The molecular weight excluding hydrogens is 310 g/mol. The number of aryl methyl sites for hydroxylation is 1. The van der Waals surface area contributed by atoms with E-state index in [0.717, 1.165) is 4.88 Å². The lowest BCUT2D eigenvalue weighted by molar-refractivity contribution is 0.463. The van der Waals surface area contributed by atoms with Gasteiger partial charge in [-0.25, -0.2) is 18.1 Å². The van der Waals surface area contributed by atoms with Crippen LogP contribution in [0.1, 0.15) is 29.4 Å². The van der Waals surface area contributed by atoms with Crippen LogP contribution >= 0.6 is 11.3 Å². The smallest absolute Gasteiger partial charge is 0.242 e. The van der Waals surface area contributed by atoms with Crippen molar-refractivity contribution in [2.75, 3.05) is 0 Å². The van der Waals surface area contributed by atoms with Crippen LogP contribution in [0, 0.1) is 6.92 Å². The highest BCUT2D eigenvalue weighted by Crippen LogP contribution is 2.25. The maximum atomic E-state index is 12.4. The Bertz CT molecular complexity index is 717. The molecule has 1 saturated carbocycles. The van der Waals surface area contributed by atoms with Crippen LogP contribution in [0.3, 0.4) is 0 Å². The molecule has 2 aromatic heterocycles. The molecule has 0 spiro atoms.